The lowest BCUT2D eigenvalue weighted by molar-refractivity contribution is 0.0495. The van der Waals surface area contributed by atoms with E-state index < -0.39 is 59.0 Å². The molecular formula is C22H20F5N3O3. The summed E-state index contributed by atoms with van der Waals surface area (Å²) >= 11 is 0. The third kappa shape index (κ3) is 3.85. The van der Waals surface area contributed by atoms with Crippen LogP contribution in [0.2, 0.25) is 0 Å². The van der Waals surface area contributed by atoms with Gasteiger partial charge in [-0.1, -0.05) is 18.2 Å². The molecule has 0 saturated carbocycles. The average Bonchev–Trinajstić information content (AvgIpc) is 3.11. The van der Waals surface area contributed by atoms with Crippen LogP contribution >= 0.6 is 0 Å². The molecule has 2 heterocycles. The van der Waals surface area contributed by atoms with Gasteiger partial charge in [0.05, 0.1) is 6.61 Å². The predicted octanol–water partition coefficient (Wildman–Crippen LogP) is 4.57. The number of hydrogen-bond donors (Lipinski definition) is 1. The number of hydrogen-bond acceptors (Lipinski definition) is 4. The number of carbonyl (C=O) groups excluding carboxylic acids is 2. The molecule has 11 heteroatoms. The Balaban J connectivity index is 1.66. The molecule has 0 spiro atoms. The Hall–Kier alpha value is -3.37. The highest BCUT2D eigenvalue weighted by atomic mass is 19.2. The van der Waals surface area contributed by atoms with Gasteiger partial charge in [-0.2, -0.15) is 0 Å². The summed E-state index contributed by atoms with van der Waals surface area (Å²) in [6.45, 7) is 2.45. The molecule has 0 aliphatic carbocycles. The minimum Gasteiger partial charge on any atom is -0.450 e. The van der Waals surface area contributed by atoms with E-state index in [0.29, 0.717) is 18.4 Å². The maximum Gasteiger partial charge on any atom is 0.409 e. The molecule has 2 aliphatic heterocycles. The number of halogens is 5. The van der Waals surface area contributed by atoms with E-state index in [1.54, 1.807) is 25.1 Å². The Kier molecular flexibility index (Phi) is 6.13. The quantitative estimate of drug-likeness (QED) is 0.405. The first-order valence-electron chi connectivity index (χ1n) is 10.4. The molecule has 2 aliphatic rings. The van der Waals surface area contributed by atoms with E-state index in [4.69, 9.17) is 4.74 Å². The number of benzene rings is 2. The number of carbonyl (C=O) groups is 2. The lowest BCUT2D eigenvalue weighted by Gasteiger charge is -2.39. The van der Waals surface area contributed by atoms with Crippen molar-refractivity contribution in [1.29, 1.82) is 0 Å². The number of likely N-dealkylation sites (tertiary alicyclic amines) is 1. The lowest BCUT2D eigenvalue weighted by Crippen LogP contribution is -2.49. The Labute approximate surface area is 185 Å². The fraction of sp³-hybridized carbons (Fsp3) is 0.364. The van der Waals surface area contributed by atoms with Crippen LogP contribution in [0.15, 0.2) is 24.3 Å². The molecule has 4 rings (SSSR count). The van der Waals surface area contributed by atoms with Gasteiger partial charge in [-0.05, 0) is 25.8 Å². The van der Waals surface area contributed by atoms with Gasteiger partial charge in [-0.25, -0.2) is 26.7 Å². The first-order valence-corrected chi connectivity index (χ1v) is 10.4. The van der Waals surface area contributed by atoms with E-state index in [1.807, 2.05) is 0 Å². The van der Waals surface area contributed by atoms with Gasteiger partial charge in [-0.15, -0.1) is 0 Å². The van der Waals surface area contributed by atoms with E-state index in [-0.39, 0.29) is 25.3 Å². The van der Waals surface area contributed by atoms with Crippen LogP contribution in [-0.4, -0.2) is 47.5 Å². The summed E-state index contributed by atoms with van der Waals surface area (Å²) < 4.78 is 74.7. The minimum absolute atomic E-state index is 0.215. The zero-order chi connectivity index (χ0) is 23.9. The van der Waals surface area contributed by atoms with Gasteiger partial charge < -0.3 is 19.9 Å². The number of ether oxygens (including phenoxy) is 1. The smallest absolute Gasteiger partial charge is 0.409 e. The van der Waals surface area contributed by atoms with Gasteiger partial charge in [0.15, 0.2) is 23.3 Å². The molecule has 1 saturated heterocycles. The highest BCUT2D eigenvalue weighted by Crippen LogP contribution is 2.40. The van der Waals surface area contributed by atoms with Crippen molar-refractivity contribution < 1.29 is 36.3 Å². The van der Waals surface area contributed by atoms with E-state index >= 15 is 0 Å². The molecule has 6 nitrogen and oxygen atoms in total. The van der Waals surface area contributed by atoms with E-state index in [1.165, 1.54) is 15.9 Å². The van der Waals surface area contributed by atoms with E-state index in [9.17, 15) is 31.5 Å². The van der Waals surface area contributed by atoms with Gasteiger partial charge in [-0.3, -0.25) is 4.79 Å². The van der Waals surface area contributed by atoms with Crippen LogP contribution in [-0.2, 0) is 4.74 Å². The molecule has 176 valence electrons. The van der Waals surface area contributed by atoms with Gasteiger partial charge >= 0.3 is 6.09 Å². The molecule has 0 unspecified atom stereocenters. The third-order valence-corrected chi connectivity index (χ3v) is 5.87. The number of amides is 2. The Morgan fingerprint density at radius 2 is 1.58 bits per heavy atom. The van der Waals surface area contributed by atoms with Crippen LogP contribution in [0.1, 0.15) is 41.9 Å². The standard InChI is InChI=1S/C22H20F5N3O3/c1-2-33-22(32)29-9-7-11(8-10-29)30-20(12-5-3-4-6-13(12)21(30)31)28-19-17(26)15(24)14(23)16(25)18(19)27/h3-6,11,20,28H,2,7-10H2,1H3/t20-/m0/s1. The Morgan fingerprint density at radius 1 is 1.00 bits per heavy atom. The zero-order valence-corrected chi connectivity index (χ0v) is 17.5. The van der Waals surface area contributed by atoms with Crippen molar-refractivity contribution in [2.24, 2.45) is 0 Å². The molecule has 0 radical (unpaired) electrons. The van der Waals surface area contributed by atoms with Crippen molar-refractivity contribution in [3.8, 4) is 0 Å². The molecule has 1 fully saturated rings. The normalized spacial score (nSPS) is 18.5. The molecule has 2 aromatic rings. The Morgan fingerprint density at radius 3 is 2.18 bits per heavy atom. The third-order valence-electron chi connectivity index (χ3n) is 5.87. The molecular weight excluding hydrogens is 449 g/mol. The minimum atomic E-state index is -2.26. The number of nitrogens with one attached hydrogen (secondary N) is 1. The molecule has 1 N–H and O–H groups in total. The summed E-state index contributed by atoms with van der Waals surface area (Å²) in [5.41, 5.74) is -0.610. The van der Waals surface area contributed by atoms with Crippen LogP contribution in [0.25, 0.3) is 0 Å². The molecule has 33 heavy (non-hydrogen) atoms. The number of anilines is 1. The largest absolute Gasteiger partial charge is 0.450 e. The molecule has 1 atom stereocenters. The maximum absolute atomic E-state index is 14.4. The summed E-state index contributed by atoms with van der Waals surface area (Å²) in [5, 5.41) is 2.38. The van der Waals surface area contributed by atoms with Crippen LogP contribution in [0.5, 0.6) is 0 Å². The van der Waals surface area contributed by atoms with Gasteiger partial charge in [0, 0.05) is 30.3 Å². The number of fused-ring (bicyclic) bond motifs is 1. The first-order chi connectivity index (χ1) is 15.8. The summed E-state index contributed by atoms with van der Waals surface area (Å²) in [6.07, 6.45) is -0.967. The van der Waals surface area contributed by atoms with E-state index in [0.717, 1.165) is 0 Å². The highest BCUT2D eigenvalue weighted by Gasteiger charge is 2.43. The number of rotatable bonds is 4. The molecule has 2 aromatic carbocycles. The second-order valence-electron chi connectivity index (χ2n) is 7.71. The zero-order valence-electron chi connectivity index (χ0n) is 17.5. The van der Waals surface area contributed by atoms with Crippen molar-refractivity contribution in [2.45, 2.75) is 32.0 Å². The van der Waals surface area contributed by atoms with Crippen LogP contribution in [0.4, 0.5) is 32.4 Å². The fourth-order valence-corrected chi connectivity index (χ4v) is 4.27. The van der Waals surface area contributed by atoms with E-state index in [2.05, 4.69) is 5.32 Å². The van der Waals surface area contributed by atoms with Crippen LogP contribution < -0.4 is 5.32 Å². The number of nitrogens with zero attached hydrogens (tertiary/aromatic N) is 2. The summed E-state index contributed by atoms with van der Waals surface area (Å²) in [4.78, 5) is 27.9. The second-order valence-corrected chi connectivity index (χ2v) is 7.71. The van der Waals surface area contributed by atoms with Gasteiger partial charge in [0.2, 0.25) is 5.82 Å². The average molecular weight is 469 g/mol. The van der Waals surface area contributed by atoms with Crippen molar-refractivity contribution >= 4 is 17.7 Å². The predicted molar refractivity (Wildman–Crippen MR) is 107 cm³/mol. The fourth-order valence-electron chi connectivity index (χ4n) is 4.27. The van der Waals surface area contributed by atoms with Crippen molar-refractivity contribution in [1.82, 2.24) is 9.80 Å². The summed E-state index contributed by atoms with van der Waals surface area (Å²) in [5.74, 6) is -10.9. The first kappa shape index (κ1) is 22.8. The van der Waals surface area contributed by atoms with Gasteiger partial charge in [0.1, 0.15) is 11.9 Å². The van der Waals surface area contributed by atoms with Crippen molar-refractivity contribution in [3.63, 3.8) is 0 Å². The lowest BCUT2D eigenvalue weighted by atomic mass is 10.0. The van der Waals surface area contributed by atoms with Crippen molar-refractivity contribution in [3.05, 3.63) is 64.5 Å². The Bertz CT molecular complexity index is 1080. The second kappa shape index (κ2) is 8.87. The topological polar surface area (TPSA) is 61.9 Å². The summed E-state index contributed by atoms with van der Waals surface area (Å²) in [7, 11) is 0. The SMILES string of the molecule is CCOC(=O)N1CCC(N2C(=O)c3ccccc3[C@H]2Nc2c(F)c(F)c(F)c(F)c2F)CC1. The molecule has 0 bridgehead atoms. The molecule has 2 amide bonds. The molecule has 0 aromatic heterocycles. The van der Waals surface area contributed by atoms with Crippen LogP contribution in [0, 0.1) is 29.1 Å². The highest BCUT2D eigenvalue weighted by molar-refractivity contribution is 5.99. The van der Waals surface area contributed by atoms with Crippen LogP contribution in [0.3, 0.4) is 0 Å². The summed E-state index contributed by atoms with van der Waals surface area (Å²) in [6, 6.07) is 5.84. The van der Waals surface area contributed by atoms with Gasteiger partial charge in [0.25, 0.3) is 5.91 Å². The number of piperidine rings is 1. The maximum atomic E-state index is 14.4. The monoisotopic (exact) mass is 469 g/mol. The van der Waals surface area contributed by atoms with Crippen molar-refractivity contribution in [2.75, 3.05) is 25.0 Å².